The fourth-order valence-corrected chi connectivity index (χ4v) is 2.84. The van der Waals surface area contributed by atoms with Gasteiger partial charge in [0, 0.05) is 30.6 Å². The van der Waals surface area contributed by atoms with E-state index in [9.17, 15) is 23.2 Å². The van der Waals surface area contributed by atoms with Crippen LogP contribution < -0.4 is 10.6 Å². The Morgan fingerprint density at radius 3 is 2.52 bits per heavy atom. The third-order valence-corrected chi connectivity index (χ3v) is 4.67. The minimum atomic E-state index is -0.950. The van der Waals surface area contributed by atoms with Gasteiger partial charge in [-0.3, -0.25) is 14.4 Å². The van der Waals surface area contributed by atoms with Crippen LogP contribution in [0, 0.1) is 11.6 Å². The summed E-state index contributed by atoms with van der Waals surface area (Å²) >= 11 is 3.33. The molecule has 0 bridgehead atoms. The van der Waals surface area contributed by atoms with Crippen molar-refractivity contribution in [2.45, 2.75) is 12.8 Å². The smallest absolute Gasteiger partial charge is 0.254 e. The molecule has 2 aromatic rings. The average Bonchev–Trinajstić information content (AvgIpc) is 2.66. The van der Waals surface area contributed by atoms with Gasteiger partial charge in [0.2, 0.25) is 11.8 Å². The van der Waals surface area contributed by atoms with Gasteiger partial charge >= 0.3 is 0 Å². The first-order chi connectivity index (χ1) is 13.8. The molecule has 0 saturated carbocycles. The van der Waals surface area contributed by atoms with Crippen LogP contribution in [-0.4, -0.2) is 42.8 Å². The van der Waals surface area contributed by atoms with Crippen LogP contribution in [0.25, 0.3) is 0 Å². The van der Waals surface area contributed by atoms with Gasteiger partial charge in [-0.1, -0.05) is 12.1 Å². The Kier molecular flexibility index (Phi) is 8.26. The third-order valence-electron chi connectivity index (χ3n) is 3.98. The molecule has 0 heterocycles. The van der Waals surface area contributed by atoms with Crippen molar-refractivity contribution in [1.29, 1.82) is 0 Å². The summed E-state index contributed by atoms with van der Waals surface area (Å²) in [6, 6.07) is 9.80. The number of anilines is 1. The van der Waals surface area contributed by atoms with Crippen LogP contribution in [-0.2, 0) is 9.59 Å². The molecule has 0 aliphatic heterocycles. The van der Waals surface area contributed by atoms with Crippen molar-refractivity contribution in [2.75, 3.05) is 25.5 Å². The number of rotatable bonds is 8. The number of benzene rings is 2. The molecule has 0 spiro atoms. The predicted molar refractivity (Wildman–Crippen MR) is 108 cm³/mol. The van der Waals surface area contributed by atoms with Gasteiger partial charge in [0.1, 0.15) is 11.6 Å². The molecule has 0 radical (unpaired) electrons. The maximum Gasteiger partial charge on any atom is 0.254 e. The first-order valence-corrected chi connectivity index (χ1v) is 9.59. The number of halogens is 3. The number of nitrogens with zero attached hydrogens (tertiary/aromatic N) is 1. The van der Waals surface area contributed by atoms with Crippen molar-refractivity contribution in [3.63, 3.8) is 0 Å². The number of hydrogen-bond acceptors (Lipinski definition) is 3. The monoisotopic (exact) mass is 467 g/mol. The molecular weight excluding hydrogens is 448 g/mol. The van der Waals surface area contributed by atoms with Crippen molar-refractivity contribution >= 4 is 39.3 Å². The average molecular weight is 468 g/mol. The van der Waals surface area contributed by atoms with Crippen LogP contribution >= 0.6 is 15.9 Å². The largest absolute Gasteiger partial charge is 0.352 e. The summed E-state index contributed by atoms with van der Waals surface area (Å²) in [5, 5.41) is 5.18. The van der Waals surface area contributed by atoms with Crippen molar-refractivity contribution in [1.82, 2.24) is 10.2 Å². The van der Waals surface area contributed by atoms with Crippen LogP contribution in [0.5, 0.6) is 0 Å². The van der Waals surface area contributed by atoms with E-state index < -0.39 is 17.5 Å². The minimum Gasteiger partial charge on any atom is -0.352 e. The Labute approximate surface area is 175 Å². The molecule has 0 unspecified atom stereocenters. The van der Waals surface area contributed by atoms with Gasteiger partial charge < -0.3 is 15.5 Å². The second kappa shape index (κ2) is 10.7. The number of likely N-dealkylation sites (N-methyl/N-ethyl adjacent to an activating group) is 1. The van der Waals surface area contributed by atoms with Crippen molar-refractivity contribution < 1.29 is 23.2 Å². The molecule has 29 heavy (non-hydrogen) atoms. The van der Waals surface area contributed by atoms with Gasteiger partial charge in [0.05, 0.1) is 17.8 Å². The SMILES string of the molecule is CN(CC(=O)Nc1ccccc1Br)C(=O)CCCNC(=O)c1ccc(F)cc1F. The molecule has 0 atom stereocenters. The molecule has 2 N–H and O–H groups in total. The van der Waals surface area contributed by atoms with E-state index in [-0.39, 0.29) is 36.9 Å². The van der Waals surface area contributed by atoms with Crippen LogP contribution in [0.4, 0.5) is 14.5 Å². The number of para-hydroxylation sites is 1. The van der Waals surface area contributed by atoms with E-state index >= 15 is 0 Å². The molecule has 3 amide bonds. The highest BCUT2D eigenvalue weighted by atomic mass is 79.9. The van der Waals surface area contributed by atoms with E-state index in [1.165, 1.54) is 11.9 Å². The maximum absolute atomic E-state index is 13.5. The van der Waals surface area contributed by atoms with Crippen LogP contribution in [0.3, 0.4) is 0 Å². The highest BCUT2D eigenvalue weighted by molar-refractivity contribution is 9.10. The Hall–Kier alpha value is -2.81. The van der Waals surface area contributed by atoms with Gasteiger partial charge in [-0.15, -0.1) is 0 Å². The predicted octanol–water partition coefficient (Wildman–Crippen LogP) is 3.33. The van der Waals surface area contributed by atoms with E-state index in [1.807, 2.05) is 6.07 Å². The zero-order valence-corrected chi connectivity index (χ0v) is 17.3. The van der Waals surface area contributed by atoms with Gasteiger partial charge in [-0.25, -0.2) is 8.78 Å². The third kappa shape index (κ3) is 6.94. The van der Waals surface area contributed by atoms with Gasteiger partial charge in [-0.05, 0) is 46.6 Å². The molecule has 2 aromatic carbocycles. The highest BCUT2D eigenvalue weighted by Crippen LogP contribution is 2.21. The van der Waals surface area contributed by atoms with E-state index in [0.29, 0.717) is 18.2 Å². The van der Waals surface area contributed by atoms with Gasteiger partial charge in [-0.2, -0.15) is 0 Å². The number of carbonyl (C=O) groups excluding carboxylic acids is 3. The molecule has 154 valence electrons. The number of hydrogen-bond donors (Lipinski definition) is 2. The summed E-state index contributed by atoms with van der Waals surface area (Å²) < 4.78 is 27.1. The first-order valence-electron chi connectivity index (χ1n) is 8.79. The number of carbonyl (C=O) groups is 3. The molecule has 9 heteroatoms. The van der Waals surface area contributed by atoms with Crippen molar-refractivity contribution in [3.05, 3.63) is 64.1 Å². The lowest BCUT2D eigenvalue weighted by Gasteiger charge is -2.17. The first kappa shape index (κ1) is 22.5. The van der Waals surface area contributed by atoms with Gasteiger partial charge in [0.25, 0.3) is 5.91 Å². The van der Waals surface area contributed by atoms with Gasteiger partial charge in [0.15, 0.2) is 0 Å². The summed E-state index contributed by atoms with van der Waals surface area (Å²) in [5.74, 6) is -3.01. The van der Waals surface area contributed by atoms with E-state index in [0.717, 1.165) is 16.6 Å². The molecule has 0 saturated heterocycles. The molecular formula is C20H20BrF2N3O3. The van der Waals surface area contributed by atoms with E-state index in [1.54, 1.807) is 18.2 Å². The number of amides is 3. The Bertz CT molecular complexity index is 908. The Morgan fingerprint density at radius 2 is 1.83 bits per heavy atom. The molecule has 0 aliphatic rings. The van der Waals surface area contributed by atoms with E-state index in [2.05, 4.69) is 26.6 Å². The molecule has 0 aliphatic carbocycles. The standard InChI is InChI=1S/C20H20BrF2N3O3/c1-26(12-18(27)25-17-6-3-2-5-15(17)21)19(28)7-4-10-24-20(29)14-9-8-13(22)11-16(14)23/h2-3,5-6,8-9,11H,4,7,10,12H2,1H3,(H,24,29)(H,25,27). The lowest BCUT2D eigenvalue weighted by molar-refractivity contribution is -0.133. The van der Waals surface area contributed by atoms with Crippen LogP contribution in [0.1, 0.15) is 23.2 Å². The summed E-state index contributed by atoms with van der Waals surface area (Å²) in [6.07, 6.45) is 0.411. The molecule has 0 fully saturated rings. The second-order valence-corrected chi connectivity index (χ2v) is 7.12. The van der Waals surface area contributed by atoms with Crippen LogP contribution in [0.15, 0.2) is 46.9 Å². The highest BCUT2D eigenvalue weighted by Gasteiger charge is 2.15. The minimum absolute atomic E-state index is 0.102. The second-order valence-electron chi connectivity index (χ2n) is 6.26. The normalized spacial score (nSPS) is 10.3. The summed E-state index contributed by atoms with van der Waals surface area (Å²) in [4.78, 5) is 37.4. The zero-order chi connectivity index (χ0) is 21.4. The molecule has 2 rings (SSSR count). The fourth-order valence-electron chi connectivity index (χ4n) is 2.46. The summed E-state index contributed by atoms with van der Waals surface area (Å²) in [7, 11) is 1.51. The fraction of sp³-hybridized carbons (Fsp3) is 0.250. The summed E-state index contributed by atoms with van der Waals surface area (Å²) in [6.45, 7) is 0.0195. The van der Waals surface area contributed by atoms with E-state index in [4.69, 9.17) is 0 Å². The van der Waals surface area contributed by atoms with Crippen molar-refractivity contribution in [2.24, 2.45) is 0 Å². The summed E-state index contributed by atoms with van der Waals surface area (Å²) in [5.41, 5.74) is 0.340. The van der Waals surface area contributed by atoms with Crippen LogP contribution in [0.2, 0.25) is 0 Å². The quantitative estimate of drug-likeness (QED) is 0.584. The Morgan fingerprint density at radius 1 is 1.10 bits per heavy atom. The zero-order valence-electron chi connectivity index (χ0n) is 15.7. The molecule has 0 aromatic heterocycles. The van der Waals surface area contributed by atoms with Crippen molar-refractivity contribution in [3.8, 4) is 0 Å². The number of nitrogens with one attached hydrogen (secondary N) is 2. The lowest BCUT2D eigenvalue weighted by atomic mass is 10.2. The lowest BCUT2D eigenvalue weighted by Crippen LogP contribution is -2.35. The topological polar surface area (TPSA) is 78.5 Å². The maximum atomic E-state index is 13.5. The molecule has 6 nitrogen and oxygen atoms in total. The Balaban J connectivity index is 1.72.